The third-order valence-corrected chi connectivity index (χ3v) is 6.89. The molecule has 0 spiro atoms. The highest BCUT2D eigenvalue weighted by atomic mass is 32.2. The van der Waals surface area contributed by atoms with E-state index in [2.05, 4.69) is 25.3 Å². The quantitative estimate of drug-likeness (QED) is 0.325. The molecule has 2 heterocycles. The summed E-state index contributed by atoms with van der Waals surface area (Å²) < 4.78 is 40.0. The Morgan fingerprint density at radius 3 is 2.51 bits per heavy atom. The minimum atomic E-state index is -3.60. The molecule has 0 saturated carbocycles. The van der Waals surface area contributed by atoms with E-state index in [0.29, 0.717) is 41.8 Å². The summed E-state index contributed by atoms with van der Waals surface area (Å²) in [6.07, 6.45) is 1.10. The lowest BCUT2D eigenvalue weighted by atomic mass is 10.1. The fourth-order valence-electron chi connectivity index (χ4n) is 3.62. The number of sulfonamides is 1. The van der Waals surface area contributed by atoms with E-state index in [1.807, 2.05) is 43.3 Å². The van der Waals surface area contributed by atoms with Gasteiger partial charge < -0.3 is 14.8 Å². The number of benzene rings is 2. The Labute approximate surface area is 204 Å². The SMILES string of the molecule is COc1ccc(CCNc2ccc3nnc(CCNS(=O)(=O)c4cccc(C)c4)n3n2)cc1OC. The van der Waals surface area contributed by atoms with E-state index in [-0.39, 0.29) is 11.4 Å². The van der Waals surface area contributed by atoms with Gasteiger partial charge in [-0.15, -0.1) is 15.3 Å². The first-order valence-corrected chi connectivity index (χ1v) is 12.6. The van der Waals surface area contributed by atoms with E-state index >= 15 is 0 Å². The highest BCUT2D eigenvalue weighted by Crippen LogP contribution is 2.27. The maximum Gasteiger partial charge on any atom is 0.240 e. The van der Waals surface area contributed by atoms with Crippen molar-refractivity contribution in [1.82, 2.24) is 24.5 Å². The normalized spacial score (nSPS) is 11.5. The molecule has 0 amide bonds. The van der Waals surface area contributed by atoms with Crippen molar-refractivity contribution in [3.8, 4) is 11.5 Å². The van der Waals surface area contributed by atoms with Gasteiger partial charge in [-0.3, -0.25) is 0 Å². The van der Waals surface area contributed by atoms with Crippen LogP contribution in [0.1, 0.15) is 17.0 Å². The van der Waals surface area contributed by atoms with Crippen LogP contribution in [0.25, 0.3) is 5.65 Å². The molecular formula is C24H28N6O4S. The fraction of sp³-hybridized carbons (Fsp3) is 0.292. The van der Waals surface area contributed by atoms with Gasteiger partial charge in [-0.2, -0.15) is 4.52 Å². The van der Waals surface area contributed by atoms with Crippen LogP contribution in [-0.2, 0) is 22.9 Å². The lowest BCUT2D eigenvalue weighted by Crippen LogP contribution is -2.26. The lowest BCUT2D eigenvalue weighted by molar-refractivity contribution is 0.354. The van der Waals surface area contributed by atoms with E-state index in [0.717, 1.165) is 17.5 Å². The van der Waals surface area contributed by atoms with Gasteiger partial charge in [0.1, 0.15) is 5.82 Å². The summed E-state index contributed by atoms with van der Waals surface area (Å²) in [6, 6.07) is 16.3. The largest absolute Gasteiger partial charge is 0.493 e. The Bertz CT molecular complexity index is 1420. The summed E-state index contributed by atoms with van der Waals surface area (Å²) in [6.45, 7) is 2.68. The van der Waals surface area contributed by atoms with E-state index in [1.165, 1.54) is 0 Å². The first-order valence-electron chi connectivity index (χ1n) is 11.1. The van der Waals surface area contributed by atoms with Gasteiger partial charge in [0.05, 0.1) is 19.1 Å². The van der Waals surface area contributed by atoms with Crippen molar-refractivity contribution < 1.29 is 17.9 Å². The molecule has 0 aliphatic rings. The fourth-order valence-corrected chi connectivity index (χ4v) is 4.75. The molecule has 0 aliphatic heterocycles. The number of anilines is 1. The Morgan fingerprint density at radius 1 is 0.914 bits per heavy atom. The Kier molecular flexibility index (Phi) is 7.47. The van der Waals surface area contributed by atoms with Gasteiger partial charge in [0.2, 0.25) is 10.0 Å². The summed E-state index contributed by atoms with van der Waals surface area (Å²) in [4.78, 5) is 0.239. The van der Waals surface area contributed by atoms with Crippen molar-refractivity contribution in [2.45, 2.75) is 24.7 Å². The molecule has 35 heavy (non-hydrogen) atoms. The van der Waals surface area contributed by atoms with Crippen LogP contribution in [0, 0.1) is 6.92 Å². The second-order valence-corrected chi connectivity index (χ2v) is 9.70. The summed E-state index contributed by atoms with van der Waals surface area (Å²) in [5, 5.41) is 16.2. The molecule has 0 radical (unpaired) electrons. The van der Waals surface area contributed by atoms with E-state index in [1.54, 1.807) is 36.9 Å². The van der Waals surface area contributed by atoms with Gasteiger partial charge in [-0.05, 0) is 60.9 Å². The molecule has 0 fully saturated rings. The number of aryl methyl sites for hydroxylation is 1. The molecule has 0 saturated heterocycles. The number of methoxy groups -OCH3 is 2. The molecular weight excluding hydrogens is 468 g/mol. The summed E-state index contributed by atoms with van der Waals surface area (Å²) >= 11 is 0. The first kappa shape index (κ1) is 24.4. The number of hydrogen-bond donors (Lipinski definition) is 2. The van der Waals surface area contributed by atoms with Crippen LogP contribution in [0.2, 0.25) is 0 Å². The topological polar surface area (TPSA) is 120 Å². The predicted molar refractivity (Wildman–Crippen MR) is 133 cm³/mol. The van der Waals surface area contributed by atoms with Gasteiger partial charge in [-0.1, -0.05) is 18.2 Å². The third kappa shape index (κ3) is 5.87. The van der Waals surface area contributed by atoms with Crippen LogP contribution >= 0.6 is 0 Å². The van der Waals surface area contributed by atoms with Gasteiger partial charge in [-0.25, -0.2) is 13.1 Å². The monoisotopic (exact) mass is 496 g/mol. The van der Waals surface area contributed by atoms with E-state index in [9.17, 15) is 8.42 Å². The highest BCUT2D eigenvalue weighted by molar-refractivity contribution is 7.89. The maximum absolute atomic E-state index is 12.5. The number of ether oxygens (including phenoxy) is 2. The van der Waals surface area contributed by atoms with Crippen LogP contribution < -0.4 is 19.5 Å². The van der Waals surface area contributed by atoms with Crippen molar-refractivity contribution in [2.75, 3.05) is 32.6 Å². The van der Waals surface area contributed by atoms with Crippen LogP contribution in [-0.4, -0.2) is 55.5 Å². The predicted octanol–water partition coefficient (Wildman–Crippen LogP) is 2.63. The molecule has 2 aromatic carbocycles. The van der Waals surface area contributed by atoms with Gasteiger partial charge in [0.25, 0.3) is 0 Å². The molecule has 4 aromatic rings. The van der Waals surface area contributed by atoms with E-state index < -0.39 is 10.0 Å². The van der Waals surface area contributed by atoms with Gasteiger partial charge in [0, 0.05) is 19.5 Å². The molecule has 0 aliphatic carbocycles. The number of hydrogen-bond acceptors (Lipinski definition) is 8. The Morgan fingerprint density at radius 2 is 1.74 bits per heavy atom. The van der Waals surface area contributed by atoms with Crippen LogP contribution in [0.15, 0.2) is 59.5 Å². The number of aromatic nitrogens is 4. The lowest BCUT2D eigenvalue weighted by Gasteiger charge is -2.10. The zero-order chi connectivity index (χ0) is 24.8. The number of nitrogens with zero attached hydrogens (tertiary/aromatic N) is 4. The molecule has 0 bridgehead atoms. The Hall–Kier alpha value is -3.70. The summed E-state index contributed by atoms with van der Waals surface area (Å²) in [7, 11) is -0.378. The van der Waals surface area contributed by atoms with Crippen LogP contribution in [0.5, 0.6) is 11.5 Å². The average molecular weight is 497 g/mol. The molecule has 2 N–H and O–H groups in total. The molecule has 0 unspecified atom stereocenters. The molecule has 4 rings (SSSR count). The number of nitrogens with one attached hydrogen (secondary N) is 2. The Balaban J connectivity index is 1.37. The van der Waals surface area contributed by atoms with Gasteiger partial charge in [0.15, 0.2) is 23.0 Å². The summed E-state index contributed by atoms with van der Waals surface area (Å²) in [5.74, 6) is 2.61. The molecule has 2 aromatic heterocycles. The number of rotatable bonds is 11. The van der Waals surface area contributed by atoms with Crippen molar-refractivity contribution in [1.29, 1.82) is 0 Å². The average Bonchev–Trinajstić information content (AvgIpc) is 3.26. The molecule has 11 heteroatoms. The second-order valence-electron chi connectivity index (χ2n) is 7.94. The third-order valence-electron chi connectivity index (χ3n) is 5.44. The zero-order valence-corrected chi connectivity index (χ0v) is 20.7. The summed E-state index contributed by atoms with van der Waals surface area (Å²) in [5.41, 5.74) is 2.57. The number of fused-ring (bicyclic) bond motifs is 1. The van der Waals surface area contributed by atoms with E-state index in [4.69, 9.17) is 9.47 Å². The minimum Gasteiger partial charge on any atom is -0.493 e. The standard InChI is InChI=1S/C24H28N6O4S/c1-17-5-4-6-19(15-17)35(31,32)26-14-12-24-28-27-23-10-9-22(29-30(23)24)25-13-11-18-7-8-20(33-2)21(16-18)34-3/h4-10,15-16,26H,11-14H2,1-3H3,(H,25,29). The first-order chi connectivity index (χ1) is 16.9. The smallest absolute Gasteiger partial charge is 0.240 e. The minimum absolute atomic E-state index is 0.176. The second kappa shape index (κ2) is 10.7. The van der Waals surface area contributed by atoms with Crippen LogP contribution in [0.3, 0.4) is 0 Å². The van der Waals surface area contributed by atoms with Gasteiger partial charge >= 0.3 is 0 Å². The maximum atomic E-state index is 12.5. The van der Waals surface area contributed by atoms with Crippen LogP contribution in [0.4, 0.5) is 5.82 Å². The van der Waals surface area contributed by atoms with Crippen molar-refractivity contribution >= 4 is 21.5 Å². The van der Waals surface area contributed by atoms with Crippen molar-refractivity contribution in [3.05, 3.63) is 71.5 Å². The molecule has 0 atom stereocenters. The molecule has 184 valence electrons. The van der Waals surface area contributed by atoms with Crippen molar-refractivity contribution in [3.63, 3.8) is 0 Å². The molecule has 10 nitrogen and oxygen atoms in total. The zero-order valence-electron chi connectivity index (χ0n) is 19.9. The van der Waals surface area contributed by atoms with Crippen molar-refractivity contribution in [2.24, 2.45) is 0 Å². The highest BCUT2D eigenvalue weighted by Gasteiger charge is 2.15.